The predicted molar refractivity (Wildman–Crippen MR) is 75.4 cm³/mol. The van der Waals surface area contributed by atoms with E-state index in [1.54, 1.807) is 0 Å². The summed E-state index contributed by atoms with van der Waals surface area (Å²) in [6, 6.07) is 1.88. The van der Waals surface area contributed by atoms with E-state index in [2.05, 4.69) is 22.2 Å². The fourth-order valence-corrected chi connectivity index (χ4v) is 2.32. The first-order chi connectivity index (χ1) is 8.81. The third kappa shape index (κ3) is 3.77. The van der Waals surface area contributed by atoms with Crippen molar-refractivity contribution in [2.45, 2.75) is 37.8 Å². The molecule has 1 fully saturated rings. The number of anilines is 1. The zero-order chi connectivity index (χ0) is 12.8. The van der Waals surface area contributed by atoms with E-state index in [4.69, 9.17) is 4.74 Å². The molecule has 4 nitrogen and oxygen atoms in total. The zero-order valence-electron chi connectivity index (χ0n) is 11.1. The molecule has 1 N–H and O–H groups in total. The molecule has 1 saturated carbocycles. The van der Waals surface area contributed by atoms with Gasteiger partial charge in [-0.2, -0.15) is 4.98 Å². The molecule has 0 aliphatic heterocycles. The van der Waals surface area contributed by atoms with Gasteiger partial charge in [0.15, 0.2) is 5.16 Å². The smallest absolute Gasteiger partial charge is 0.219 e. The van der Waals surface area contributed by atoms with Crippen LogP contribution in [0.4, 0.5) is 5.82 Å². The Hall–Kier alpha value is -0.970. The first-order valence-electron chi connectivity index (χ1n) is 6.61. The third-order valence-electron chi connectivity index (χ3n) is 3.22. The second-order valence-corrected chi connectivity index (χ2v) is 5.32. The molecule has 0 atom stereocenters. The molecule has 100 valence electrons. The molecule has 0 aromatic carbocycles. The lowest BCUT2D eigenvalue weighted by molar-refractivity contribution is 0.216. The summed E-state index contributed by atoms with van der Waals surface area (Å²) in [5.74, 6) is 2.40. The molecule has 0 unspecified atom stereocenters. The Balaban J connectivity index is 1.90. The number of rotatable bonds is 7. The van der Waals surface area contributed by atoms with Crippen molar-refractivity contribution in [3.8, 4) is 5.88 Å². The van der Waals surface area contributed by atoms with Crippen LogP contribution in [0, 0.1) is 5.92 Å². The van der Waals surface area contributed by atoms with Crippen LogP contribution in [0.5, 0.6) is 5.88 Å². The SMILES string of the molecule is CCNc1cc(OCCC2CCC2)nc(SC)n1. The molecule has 1 aliphatic rings. The van der Waals surface area contributed by atoms with Gasteiger partial charge < -0.3 is 10.1 Å². The van der Waals surface area contributed by atoms with E-state index in [-0.39, 0.29) is 0 Å². The molecule has 0 spiro atoms. The number of hydrogen-bond acceptors (Lipinski definition) is 5. The summed E-state index contributed by atoms with van der Waals surface area (Å²) < 4.78 is 5.74. The summed E-state index contributed by atoms with van der Waals surface area (Å²) in [5, 5.41) is 3.96. The van der Waals surface area contributed by atoms with Crippen molar-refractivity contribution in [3.63, 3.8) is 0 Å². The minimum atomic E-state index is 0.685. The Morgan fingerprint density at radius 3 is 2.89 bits per heavy atom. The van der Waals surface area contributed by atoms with Gasteiger partial charge >= 0.3 is 0 Å². The number of nitrogens with one attached hydrogen (secondary N) is 1. The number of thioether (sulfide) groups is 1. The molecule has 1 aliphatic carbocycles. The second-order valence-electron chi connectivity index (χ2n) is 4.54. The highest BCUT2D eigenvalue weighted by Crippen LogP contribution is 2.29. The van der Waals surface area contributed by atoms with Gasteiger partial charge in [-0.1, -0.05) is 31.0 Å². The maximum Gasteiger partial charge on any atom is 0.219 e. The second kappa shape index (κ2) is 6.83. The van der Waals surface area contributed by atoms with Crippen LogP contribution in [-0.4, -0.2) is 29.4 Å². The normalized spacial score (nSPS) is 15.2. The topological polar surface area (TPSA) is 47.0 Å². The van der Waals surface area contributed by atoms with Crippen molar-refractivity contribution in [2.24, 2.45) is 5.92 Å². The lowest BCUT2D eigenvalue weighted by Crippen LogP contribution is -2.15. The highest BCUT2D eigenvalue weighted by atomic mass is 32.2. The average Bonchev–Trinajstić information content (AvgIpc) is 2.32. The molecule has 0 radical (unpaired) electrons. The Morgan fingerprint density at radius 2 is 2.28 bits per heavy atom. The van der Waals surface area contributed by atoms with E-state index in [1.807, 2.05) is 12.3 Å². The highest BCUT2D eigenvalue weighted by molar-refractivity contribution is 7.98. The molecule has 18 heavy (non-hydrogen) atoms. The van der Waals surface area contributed by atoms with Gasteiger partial charge in [0.05, 0.1) is 6.61 Å². The average molecular weight is 267 g/mol. The lowest BCUT2D eigenvalue weighted by atomic mass is 9.83. The minimum absolute atomic E-state index is 0.685. The summed E-state index contributed by atoms with van der Waals surface area (Å²) >= 11 is 1.54. The van der Waals surface area contributed by atoms with Crippen LogP contribution < -0.4 is 10.1 Å². The molecule has 0 bridgehead atoms. The standard InChI is InChI=1S/C13H21N3OS/c1-3-14-11-9-12(16-13(15-11)18-2)17-8-7-10-5-4-6-10/h9-10H,3-8H2,1-2H3,(H,14,15,16). The molecule has 1 aromatic rings. The van der Waals surface area contributed by atoms with Crippen LogP contribution in [0.2, 0.25) is 0 Å². The van der Waals surface area contributed by atoms with Gasteiger partial charge in [-0.25, -0.2) is 4.98 Å². The summed E-state index contributed by atoms with van der Waals surface area (Å²) in [5.41, 5.74) is 0. The molecule has 1 aromatic heterocycles. The fraction of sp³-hybridized carbons (Fsp3) is 0.692. The monoisotopic (exact) mass is 267 g/mol. The van der Waals surface area contributed by atoms with Crippen LogP contribution in [0.15, 0.2) is 11.2 Å². The van der Waals surface area contributed by atoms with E-state index < -0.39 is 0 Å². The summed E-state index contributed by atoms with van der Waals surface area (Å²) in [4.78, 5) is 8.74. The molecule has 0 amide bonds. The third-order valence-corrected chi connectivity index (χ3v) is 3.77. The molecular weight excluding hydrogens is 246 g/mol. The predicted octanol–water partition coefficient (Wildman–Crippen LogP) is 3.20. The van der Waals surface area contributed by atoms with Gasteiger partial charge in [-0.3, -0.25) is 0 Å². The van der Waals surface area contributed by atoms with Crippen LogP contribution >= 0.6 is 11.8 Å². The van der Waals surface area contributed by atoms with E-state index in [0.717, 1.165) is 36.5 Å². The quantitative estimate of drug-likeness (QED) is 0.607. The van der Waals surface area contributed by atoms with Crippen molar-refractivity contribution < 1.29 is 4.74 Å². The molecular formula is C13H21N3OS. The summed E-state index contributed by atoms with van der Waals surface area (Å²) in [6.07, 6.45) is 7.25. The van der Waals surface area contributed by atoms with Gasteiger partial charge in [0, 0.05) is 12.6 Å². The van der Waals surface area contributed by atoms with Gasteiger partial charge in [0.25, 0.3) is 0 Å². The largest absolute Gasteiger partial charge is 0.477 e. The van der Waals surface area contributed by atoms with Gasteiger partial charge in [-0.15, -0.1) is 0 Å². The molecule has 5 heteroatoms. The summed E-state index contributed by atoms with van der Waals surface area (Å²) in [7, 11) is 0. The van der Waals surface area contributed by atoms with Crippen LogP contribution in [0.3, 0.4) is 0 Å². The van der Waals surface area contributed by atoms with Crippen LogP contribution in [0.1, 0.15) is 32.6 Å². The van der Waals surface area contributed by atoms with Crippen LogP contribution in [0.25, 0.3) is 0 Å². The van der Waals surface area contributed by atoms with Crippen molar-refractivity contribution in [2.75, 3.05) is 24.7 Å². The first-order valence-corrected chi connectivity index (χ1v) is 7.84. The summed E-state index contributed by atoms with van der Waals surface area (Å²) in [6.45, 7) is 3.67. The van der Waals surface area contributed by atoms with Gasteiger partial charge in [0.1, 0.15) is 5.82 Å². The van der Waals surface area contributed by atoms with E-state index in [9.17, 15) is 0 Å². The zero-order valence-corrected chi connectivity index (χ0v) is 11.9. The van der Waals surface area contributed by atoms with Crippen LogP contribution in [-0.2, 0) is 0 Å². The van der Waals surface area contributed by atoms with Crippen molar-refractivity contribution in [1.82, 2.24) is 9.97 Å². The maximum atomic E-state index is 5.74. The van der Waals surface area contributed by atoms with E-state index >= 15 is 0 Å². The number of ether oxygens (including phenoxy) is 1. The first kappa shape index (κ1) is 13.5. The number of nitrogens with zero attached hydrogens (tertiary/aromatic N) is 2. The highest BCUT2D eigenvalue weighted by Gasteiger charge is 2.17. The maximum absolute atomic E-state index is 5.74. The Bertz CT molecular complexity index is 382. The fourth-order valence-electron chi connectivity index (χ4n) is 1.95. The minimum Gasteiger partial charge on any atom is -0.477 e. The lowest BCUT2D eigenvalue weighted by Gasteiger charge is -2.24. The Labute approximate surface area is 113 Å². The number of hydrogen-bond donors (Lipinski definition) is 1. The Morgan fingerprint density at radius 1 is 1.44 bits per heavy atom. The molecule has 0 saturated heterocycles. The van der Waals surface area contributed by atoms with E-state index in [1.165, 1.54) is 31.0 Å². The van der Waals surface area contributed by atoms with E-state index in [0.29, 0.717) is 5.88 Å². The van der Waals surface area contributed by atoms with Crippen molar-refractivity contribution in [3.05, 3.63) is 6.07 Å². The van der Waals surface area contributed by atoms with Crippen molar-refractivity contribution in [1.29, 1.82) is 0 Å². The molecule has 2 rings (SSSR count). The Kier molecular flexibility index (Phi) is 5.11. The number of aromatic nitrogens is 2. The molecule has 1 heterocycles. The van der Waals surface area contributed by atoms with Gasteiger partial charge in [0.2, 0.25) is 5.88 Å². The van der Waals surface area contributed by atoms with Gasteiger partial charge in [-0.05, 0) is 25.5 Å². The van der Waals surface area contributed by atoms with Crippen molar-refractivity contribution >= 4 is 17.6 Å².